The van der Waals surface area contributed by atoms with Gasteiger partial charge in [-0.15, -0.1) is 5.10 Å². The number of benzene rings is 2. The van der Waals surface area contributed by atoms with Crippen LogP contribution in [0.3, 0.4) is 0 Å². The number of aromatic hydroxyl groups is 1. The minimum absolute atomic E-state index is 0.0745. The second kappa shape index (κ2) is 7.36. The molecular weight excluding hydrogens is 352 g/mol. The lowest BCUT2D eigenvalue weighted by molar-refractivity contribution is -0.135. The summed E-state index contributed by atoms with van der Waals surface area (Å²) in [6.45, 7) is 2.60. The quantitative estimate of drug-likeness (QED) is 0.656. The van der Waals surface area contributed by atoms with Crippen molar-refractivity contribution in [3.8, 4) is 17.2 Å². The molecule has 8 nitrogen and oxygen atoms in total. The largest absolute Gasteiger partial charge is 0.508 e. The fraction of sp³-hybridized carbons (Fsp3) is 0.211. The zero-order valence-corrected chi connectivity index (χ0v) is 15.0. The highest BCUT2D eigenvalue weighted by atomic mass is 16.6. The van der Waals surface area contributed by atoms with Crippen LogP contribution in [0.2, 0.25) is 0 Å². The van der Waals surface area contributed by atoms with Crippen molar-refractivity contribution in [3.05, 3.63) is 53.6 Å². The van der Waals surface area contributed by atoms with Gasteiger partial charge in [0, 0.05) is 19.9 Å². The summed E-state index contributed by atoms with van der Waals surface area (Å²) in [5, 5.41) is 15.1. The Morgan fingerprint density at radius 2 is 1.89 bits per heavy atom. The van der Waals surface area contributed by atoms with Crippen molar-refractivity contribution in [2.75, 3.05) is 7.11 Å². The van der Waals surface area contributed by atoms with Crippen LogP contribution in [0.4, 0.5) is 0 Å². The Morgan fingerprint density at radius 1 is 1.15 bits per heavy atom. The number of rotatable bonds is 4. The number of para-hydroxylation sites is 1. The average Bonchev–Trinajstić information content (AvgIpc) is 3.06. The van der Waals surface area contributed by atoms with E-state index in [-0.39, 0.29) is 23.3 Å². The second-order valence-corrected chi connectivity index (χ2v) is 5.76. The number of phenols is 1. The number of carbonyl (C=O) groups is 2. The number of phenolic OH excluding ortho intramolecular Hbond substituents is 1. The number of hydrogen-bond acceptors (Lipinski definition) is 7. The van der Waals surface area contributed by atoms with E-state index in [1.165, 1.54) is 44.2 Å². The predicted molar refractivity (Wildman–Crippen MR) is 95.3 cm³/mol. The number of hydrazone groups is 1. The highest BCUT2D eigenvalue weighted by Crippen LogP contribution is 2.37. The van der Waals surface area contributed by atoms with E-state index in [1.54, 1.807) is 24.3 Å². The summed E-state index contributed by atoms with van der Waals surface area (Å²) in [6.07, 6.45) is -0.840. The lowest BCUT2D eigenvalue weighted by Gasteiger charge is -2.21. The molecule has 0 saturated carbocycles. The van der Waals surface area contributed by atoms with Crippen molar-refractivity contribution in [3.63, 3.8) is 0 Å². The molecule has 0 bridgehead atoms. The van der Waals surface area contributed by atoms with E-state index >= 15 is 0 Å². The lowest BCUT2D eigenvalue weighted by atomic mass is 10.1. The van der Waals surface area contributed by atoms with Crippen LogP contribution in [0.5, 0.6) is 17.2 Å². The monoisotopic (exact) mass is 370 g/mol. The zero-order valence-electron chi connectivity index (χ0n) is 15.0. The second-order valence-electron chi connectivity index (χ2n) is 5.76. The van der Waals surface area contributed by atoms with Crippen LogP contribution in [0.15, 0.2) is 47.6 Å². The molecule has 0 spiro atoms. The Morgan fingerprint density at radius 3 is 2.56 bits per heavy atom. The van der Waals surface area contributed by atoms with Gasteiger partial charge in [-0.2, -0.15) is 5.01 Å². The maximum Gasteiger partial charge on any atom is 0.308 e. The molecular formula is C19H18N2O6. The maximum absolute atomic E-state index is 12.1. The minimum atomic E-state index is -0.840. The third kappa shape index (κ3) is 3.69. The SMILES string of the molecule is COc1ccccc1[C@H]1OC(c2ccc(O)cc2OC(C)=O)=NN1C(C)=O. The minimum Gasteiger partial charge on any atom is -0.508 e. The molecule has 27 heavy (non-hydrogen) atoms. The van der Waals surface area contributed by atoms with Crippen LogP contribution in [-0.2, 0) is 14.3 Å². The summed E-state index contributed by atoms with van der Waals surface area (Å²) >= 11 is 0. The number of nitrogens with zero attached hydrogens (tertiary/aromatic N) is 2. The zero-order chi connectivity index (χ0) is 19.6. The Bertz CT molecular complexity index is 924. The summed E-state index contributed by atoms with van der Waals surface area (Å²) in [6, 6.07) is 11.3. The molecule has 1 atom stereocenters. The topological polar surface area (TPSA) is 97.7 Å². The fourth-order valence-electron chi connectivity index (χ4n) is 2.68. The fourth-order valence-corrected chi connectivity index (χ4v) is 2.68. The predicted octanol–water partition coefficient (Wildman–Crippen LogP) is 2.57. The third-order valence-electron chi connectivity index (χ3n) is 3.82. The molecule has 2 aromatic carbocycles. The number of hydrogen-bond donors (Lipinski definition) is 1. The van der Waals surface area contributed by atoms with Crippen molar-refractivity contribution >= 4 is 17.8 Å². The standard InChI is InChI=1S/C19H18N2O6/c1-11(22)21-19(15-6-4-5-7-16(15)25-3)27-18(20-21)14-9-8-13(24)10-17(14)26-12(2)23/h4-10,19,24H,1-3H3/t19-/m1/s1. The first-order chi connectivity index (χ1) is 12.9. The molecule has 1 amide bonds. The first-order valence-corrected chi connectivity index (χ1v) is 8.10. The number of methoxy groups -OCH3 is 1. The summed E-state index contributed by atoms with van der Waals surface area (Å²) in [5.41, 5.74) is 0.938. The number of esters is 1. The van der Waals surface area contributed by atoms with E-state index in [1.807, 2.05) is 0 Å². The van der Waals surface area contributed by atoms with E-state index in [0.717, 1.165) is 0 Å². The van der Waals surface area contributed by atoms with E-state index in [2.05, 4.69) is 5.10 Å². The first kappa shape index (κ1) is 18.2. The Balaban J connectivity index is 2.03. The van der Waals surface area contributed by atoms with Gasteiger partial charge in [-0.3, -0.25) is 9.59 Å². The normalized spacial score (nSPS) is 15.7. The molecule has 140 valence electrons. The third-order valence-corrected chi connectivity index (χ3v) is 3.82. The van der Waals surface area contributed by atoms with Crippen LogP contribution >= 0.6 is 0 Å². The van der Waals surface area contributed by atoms with Gasteiger partial charge in [0.15, 0.2) is 0 Å². The molecule has 0 fully saturated rings. The molecule has 1 aliphatic rings. The van der Waals surface area contributed by atoms with Gasteiger partial charge in [-0.1, -0.05) is 12.1 Å². The van der Waals surface area contributed by atoms with Gasteiger partial charge in [0.1, 0.15) is 17.2 Å². The van der Waals surface area contributed by atoms with Gasteiger partial charge in [0.2, 0.25) is 18.0 Å². The number of carbonyl (C=O) groups excluding carboxylic acids is 2. The van der Waals surface area contributed by atoms with Crippen LogP contribution in [0, 0.1) is 0 Å². The van der Waals surface area contributed by atoms with Crippen molar-refractivity contribution < 1.29 is 28.9 Å². The molecule has 2 aromatic rings. The average molecular weight is 370 g/mol. The smallest absolute Gasteiger partial charge is 0.308 e. The van der Waals surface area contributed by atoms with Crippen molar-refractivity contribution in [1.29, 1.82) is 0 Å². The Kier molecular flexibility index (Phi) is 4.98. The Labute approximate surface area is 155 Å². The van der Waals surface area contributed by atoms with Gasteiger partial charge >= 0.3 is 5.97 Å². The molecule has 0 aliphatic carbocycles. The highest BCUT2D eigenvalue weighted by Gasteiger charge is 2.36. The van der Waals surface area contributed by atoms with Crippen LogP contribution < -0.4 is 9.47 Å². The van der Waals surface area contributed by atoms with Gasteiger partial charge in [-0.25, -0.2) is 0 Å². The van der Waals surface area contributed by atoms with Crippen LogP contribution in [-0.4, -0.2) is 35.0 Å². The molecule has 0 saturated heterocycles. The molecule has 1 aliphatic heterocycles. The number of ether oxygens (including phenoxy) is 3. The molecule has 0 radical (unpaired) electrons. The van der Waals surface area contributed by atoms with Crippen LogP contribution in [0.25, 0.3) is 0 Å². The summed E-state index contributed by atoms with van der Waals surface area (Å²) in [4.78, 5) is 23.5. The van der Waals surface area contributed by atoms with Crippen LogP contribution in [0.1, 0.15) is 31.2 Å². The summed E-state index contributed by atoms with van der Waals surface area (Å²) < 4.78 is 16.4. The van der Waals surface area contributed by atoms with Gasteiger partial charge in [-0.05, 0) is 24.3 Å². The van der Waals surface area contributed by atoms with Gasteiger partial charge < -0.3 is 19.3 Å². The highest BCUT2D eigenvalue weighted by molar-refractivity contribution is 5.99. The Hall–Kier alpha value is -3.55. The molecule has 0 aromatic heterocycles. The van der Waals surface area contributed by atoms with Gasteiger partial charge in [0.25, 0.3) is 0 Å². The van der Waals surface area contributed by atoms with Crippen molar-refractivity contribution in [2.45, 2.75) is 20.1 Å². The maximum atomic E-state index is 12.1. The number of amides is 1. The van der Waals surface area contributed by atoms with E-state index in [0.29, 0.717) is 16.9 Å². The first-order valence-electron chi connectivity index (χ1n) is 8.10. The lowest BCUT2D eigenvalue weighted by Crippen LogP contribution is -2.25. The van der Waals surface area contributed by atoms with Crippen molar-refractivity contribution in [2.24, 2.45) is 5.10 Å². The molecule has 8 heteroatoms. The van der Waals surface area contributed by atoms with Gasteiger partial charge in [0.05, 0.1) is 18.2 Å². The van der Waals surface area contributed by atoms with Crippen molar-refractivity contribution in [1.82, 2.24) is 5.01 Å². The van der Waals surface area contributed by atoms with E-state index < -0.39 is 12.2 Å². The molecule has 3 rings (SSSR count). The molecule has 1 N–H and O–H groups in total. The summed E-state index contributed by atoms with van der Waals surface area (Å²) in [5.74, 6) is -0.295. The molecule has 0 unspecified atom stereocenters. The van der Waals surface area contributed by atoms with E-state index in [9.17, 15) is 14.7 Å². The summed E-state index contributed by atoms with van der Waals surface area (Å²) in [7, 11) is 1.52. The molecule has 1 heterocycles. The van der Waals surface area contributed by atoms with E-state index in [4.69, 9.17) is 14.2 Å².